The zero-order valence-corrected chi connectivity index (χ0v) is 20.8. The van der Waals surface area contributed by atoms with Crippen LogP contribution in [-0.4, -0.2) is 54.0 Å². The highest BCUT2D eigenvalue weighted by Gasteiger charge is 2.32. The van der Waals surface area contributed by atoms with Gasteiger partial charge < -0.3 is 20.9 Å². The number of carbonyl (C=O) groups is 1. The number of nitrogens with two attached hydrogens (primary N) is 1. The van der Waals surface area contributed by atoms with E-state index in [-0.39, 0.29) is 23.2 Å². The second-order valence-electron chi connectivity index (χ2n) is 9.10. The van der Waals surface area contributed by atoms with Gasteiger partial charge in [-0.25, -0.2) is 14.4 Å². The van der Waals surface area contributed by atoms with Crippen LogP contribution in [0.15, 0.2) is 48.8 Å². The molecule has 38 heavy (non-hydrogen) atoms. The summed E-state index contributed by atoms with van der Waals surface area (Å²) in [5, 5.41) is 2.50. The number of nitrogens with zero attached hydrogens (tertiary/aromatic N) is 4. The molecule has 1 aliphatic heterocycles. The Morgan fingerprint density at radius 1 is 1.08 bits per heavy atom. The summed E-state index contributed by atoms with van der Waals surface area (Å²) in [5.74, 6) is 3.95. The number of likely N-dealkylation sites (tertiary alicyclic amines) is 1. The van der Waals surface area contributed by atoms with Crippen molar-refractivity contribution < 1.29 is 22.4 Å². The van der Waals surface area contributed by atoms with Gasteiger partial charge in [-0.1, -0.05) is 11.8 Å². The van der Waals surface area contributed by atoms with E-state index in [4.69, 9.17) is 5.73 Å². The van der Waals surface area contributed by atoms with Crippen molar-refractivity contribution in [3.63, 3.8) is 0 Å². The Hall–Kier alpha value is -4.17. The number of piperidine rings is 1. The van der Waals surface area contributed by atoms with Crippen LogP contribution in [0.5, 0.6) is 0 Å². The number of benzene rings is 2. The highest BCUT2D eigenvalue weighted by Crippen LogP contribution is 2.37. The number of hydrogen-bond donors (Lipinski definition) is 2. The average Bonchev–Trinajstić information content (AvgIpc) is 2.88. The van der Waals surface area contributed by atoms with Crippen LogP contribution < -0.4 is 16.0 Å². The molecular formula is C27H26F4N6O. The maximum Gasteiger partial charge on any atom is 0.416 e. The lowest BCUT2D eigenvalue weighted by Gasteiger charge is -2.37. The minimum Gasteiger partial charge on any atom is -0.370 e. The zero-order chi connectivity index (χ0) is 27.4. The van der Waals surface area contributed by atoms with Gasteiger partial charge in [0.05, 0.1) is 28.1 Å². The summed E-state index contributed by atoms with van der Waals surface area (Å²) in [4.78, 5) is 24.8. The van der Waals surface area contributed by atoms with Crippen LogP contribution in [0.4, 0.5) is 34.9 Å². The monoisotopic (exact) mass is 526 g/mol. The molecule has 0 unspecified atom stereocenters. The molecule has 0 atom stereocenters. The molecule has 0 spiro atoms. The summed E-state index contributed by atoms with van der Waals surface area (Å²) in [6.07, 6.45) is -0.146. The van der Waals surface area contributed by atoms with Crippen molar-refractivity contribution in [1.29, 1.82) is 0 Å². The Morgan fingerprint density at radius 3 is 2.39 bits per heavy atom. The van der Waals surface area contributed by atoms with E-state index in [0.29, 0.717) is 16.8 Å². The predicted octanol–water partition coefficient (Wildman–Crippen LogP) is 4.40. The molecule has 1 fully saturated rings. The lowest BCUT2D eigenvalue weighted by molar-refractivity contribution is -0.137. The number of amides is 1. The van der Waals surface area contributed by atoms with Crippen LogP contribution in [0.2, 0.25) is 0 Å². The number of halogens is 4. The second kappa shape index (κ2) is 11.1. The fourth-order valence-electron chi connectivity index (χ4n) is 4.21. The van der Waals surface area contributed by atoms with Crippen molar-refractivity contribution in [2.75, 3.05) is 43.1 Å². The molecule has 11 heteroatoms. The summed E-state index contributed by atoms with van der Waals surface area (Å²) in [5.41, 5.74) is 5.33. The lowest BCUT2D eigenvalue weighted by atomic mass is 10.0. The summed E-state index contributed by atoms with van der Waals surface area (Å²) < 4.78 is 55.1. The first-order chi connectivity index (χ1) is 18.0. The number of anilines is 3. The third kappa shape index (κ3) is 6.39. The molecule has 1 aliphatic rings. The van der Waals surface area contributed by atoms with Gasteiger partial charge in [-0.3, -0.25) is 4.79 Å². The van der Waals surface area contributed by atoms with Gasteiger partial charge in [-0.2, -0.15) is 13.2 Å². The molecule has 0 aliphatic carbocycles. The first-order valence-corrected chi connectivity index (χ1v) is 11.8. The van der Waals surface area contributed by atoms with Gasteiger partial charge in [0.25, 0.3) is 5.91 Å². The molecule has 1 amide bonds. The quantitative estimate of drug-likeness (QED) is 0.387. The Balaban J connectivity index is 1.63. The fourth-order valence-corrected chi connectivity index (χ4v) is 4.21. The van der Waals surface area contributed by atoms with E-state index in [2.05, 4.69) is 32.0 Å². The molecule has 2 aromatic carbocycles. The van der Waals surface area contributed by atoms with E-state index in [9.17, 15) is 22.4 Å². The van der Waals surface area contributed by atoms with Gasteiger partial charge in [0.2, 0.25) is 5.95 Å². The molecule has 2 heterocycles. The minimum atomic E-state index is -4.61. The third-order valence-electron chi connectivity index (χ3n) is 6.42. The largest absolute Gasteiger partial charge is 0.416 e. The SMILES string of the molecule is CN1CCC(N(C)c2ccc(C(F)(F)F)cc2NC(=O)c2cc(C#Cc3cnc(N)nc3)ccc2F)CC1. The molecule has 3 N–H and O–H groups in total. The number of nitrogens with one attached hydrogen (secondary N) is 1. The summed E-state index contributed by atoms with van der Waals surface area (Å²) >= 11 is 0. The van der Waals surface area contributed by atoms with E-state index >= 15 is 0 Å². The van der Waals surface area contributed by atoms with Gasteiger partial charge in [0, 0.05) is 31.0 Å². The Labute approximate surface area is 217 Å². The van der Waals surface area contributed by atoms with E-state index in [1.807, 2.05) is 11.9 Å². The van der Waals surface area contributed by atoms with E-state index in [1.54, 1.807) is 7.05 Å². The maximum absolute atomic E-state index is 14.6. The molecule has 1 saturated heterocycles. The topological polar surface area (TPSA) is 87.4 Å². The van der Waals surface area contributed by atoms with E-state index in [1.165, 1.54) is 30.6 Å². The van der Waals surface area contributed by atoms with Crippen LogP contribution >= 0.6 is 0 Å². The normalized spacial score (nSPS) is 14.5. The van der Waals surface area contributed by atoms with Crippen LogP contribution in [0.1, 0.15) is 39.9 Å². The van der Waals surface area contributed by atoms with Crippen LogP contribution in [-0.2, 0) is 6.18 Å². The molecule has 3 aromatic rings. The molecule has 1 aromatic heterocycles. The highest BCUT2D eigenvalue weighted by atomic mass is 19.4. The lowest BCUT2D eigenvalue weighted by Crippen LogP contribution is -2.42. The van der Waals surface area contributed by atoms with Gasteiger partial charge >= 0.3 is 6.18 Å². The van der Waals surface area contributed by atoms with Crippen molar-refractivity contribution in [1.82, 2.24) is 14.9 Å². The fraction of sp³-hybridized carbons (Fsp3) is 0.296. The van der Waals surface area contributed by atoms with E-state index < -0.39 is 23.5 Å². The summed E-state index contributed by atoms with van der Waals surface area (Å²) in [7, 11) is 3.79. The standard InChI is InChI=1S/C27H26F4N6O/c1-36-11-9-20(10-12-36)37(2)24-8-6-19(27(29,30)31)14-23(24)35-25(38)21-13-17(5-7-22(21)28)3-4-18-15-33-26(32)34-16-18/h5-8,13-16,20H,9-12H2,1-2H3,(H,35,38)(H2,32,33,34). The molecule has 4 rings (SSSR count). The molecular weight excluding hydrogens is 500 g/mol. The van der Waals surface area contributed by atoms with Crippen LogP contribution in [0.3, 0.4) is 0 Å². The molecule has 0 saturated carbocycles. The zero-order valence-electron chi connectivity index (χ0n) is 20.8. The maximum atomic E-state index is 14.6. The summed E-state index contributed by atoms with van der Waals surface area (Å²) in [6, 6.07) is 6.98. The Kier molecular flexibility index (Phi) is 7.83. The Morgan fingerprint density at radius 2 is 1.74 bits per heavy atom. The summed E-state index contributed by atoms with van der Waals surface area (Å²) in [6.45, 7) is 1.69. The first kappa shape index (κ1) is 26.9. The van der Waals surface area contributed by atoms with Crippen LogP contribution in [0.25, 0.3) is 0 Å². The smallest absolute Gasteiger partial charge is 0.370 e. The number of alkyl halides is 3. The van der Waals surface area contributed by atoms with Crippen LogP contribution in [0, 0.1) is 17.7 Å². The number of aromatic nitrogens is 2. The predicted molar refractivity (Wildman–Crippen MR) is 137 cm³/mol. The second-order valence-corrected chi connectivity index (χ2v) is 9.10. The van der Waals surface area contributed by atoms with Crippen molar-refractivity contribution in [2.45, 2.75) is 25.1 Å². The number of hydrogen-bond acceptors (Lipinski definition) is 6. The van der Waals surface area contributed by atoms with Gasteiger partial charge in [0.15, 0.2) is 0 Å². The minimum absolute atomic E-state index is 0.0545. The van der Waals surface area contributed by atoms with Crippen molar-refractivity contribution in [3.05, 3.63) is 76.9 Å². The van der Waals surface area contributed by atoms with Gasteiger partial charge in [0.1, 0.15) is 5.82 Å². The van der Waals surface area contributed by atoms with Crippen molar-refractivity contribution >= 4 is 23.2 Å². The number of carbonyl (C=O) groups excluding carboxylic acids is 1. The molecule has 0 radical (unpaired) electrons. The molecule has 198 valence electrons. The number of rotatable bonds is 4. The average molecular weight is 527 g/mol. The molecule has 0 bridgehead atoms. The first-order valence-electron chi connectivity index (χ1n) is 11.8. The van der Waals surface area contributed by atoms with Crippen molar-refractivity contribution in [3.8, 4) is 11.8 Å². The third-order valence-corrected chi connectivity index (χ3v) is 6.42. The molecule has 7 nitrogen and oxygen atoms in total. The van der Waals surface area contributed by atoms with Crippen molar-refractivity contribution in [2.24, 2.45) is 0 Å². The Bertz CT molecular complexity index is 1370. The van der Waals surface area contributed by atoms with E-state index in [0.717, 1.165) is 44.1 Å². The van der Waals surface area contributed by atoms with Gasteiger partial charge in [-0.15, -0.1) is 0 Å². The van der Waals surface area contributed by atoms with Gasteiger partial charge in [-0.05, 0) is 69.4 Å². The highest BCUT2D eigenvalue weighted by molar-refractivity contribution is 6.06. The number of nitrogen functional groups attached to an aromatic ring is 1.